The van der Waals surface area contributed by atoms with E-state index in [1.807, 2.05) is 38.1 Å². The number of amides is 2. The molecule has 0 saturated heterocycles. The zero-order valence-corrected chi connectivity index (χ0v) is 19.7. The van der Waals surface area contributed by atoms with Gasteiger partial charge in [-0.1, -0.05) is 32.0 Å². The van der Waals surface area contributed by atoms with E-state index in [4.69, 9.17) is 9.47 Å². The Morgan fingerprint density at radius 1 is 1.22 bits per heavy atom. The van der Waals surface area contributed by atoms with Crippen molar-refractivity contribution in [2.75, 3.05) is 7.11 Å². The van der Waals surface area contributed by atoms with E-state index in [0.29, 0.717) is 12.8 Å². The normalized spacial score (nSPS) is 17.1. The van der Waals surface area contributed by atoms with E-state index >= 15 is 0 Å². The lowest BCUT2D eigenvalue weighted by molar-refractivity contribution is -0.146. The van der Waals surface area contributed by atoms with Crippen molar-refractivity contribution >= 4 is 28.9 Å². The molecule has 1 aromatic heterocycles. The van der Waals surface area contributed by atoms with E-state index in [1.165, 1.54) is 12.0 Å². The number of carbonyl (C=O) groups is 3. The molecule has 2 atom stereocenters. The van der Waals surface area contributed by atoms with E-state index in [9.17, 15) is 14.4 Å². The van der Waals surface area contributed by atoms with Gasteiger partial charge in [0.05, 0.1) is 13.7 Å². The molecule has 1 aromatic carbocycles. The number of rotatable bonds is 5. The quantitative estimate of drug-likeness (QED) is 0.689. The van der Waals surface area contributed by atoms with Gasteiger partial charge in [0.25, 0.3) is 0 Å². The van der Waals surface area contributed by atoms with Crippen LogP contribution in [0, 0.1) is 5.92 Å². The number of ether oxygens (including phenoxy) is 2. The third kappa shape index (κ3) is 5.23. The molecule has 0 fully saturated rings. The number of para-hydroxylation sites is 1. The molecule has 3 rings (SSSR count). The molecule has 0 aliphatic carbocycles. The Kier molecular flexibility index (Phi) is 6.81. The first-order valence-electron chi connectivity index (χ1n) is 11.0. The Labute approximate surface area is 188 Å². The molecule has 0 saturated carbocycles. The first-order valence-corrected chi connectivity index (χ1v) is 11.0. The minimum absolute atomic E-state index is 0.174. The summed E-state index contributed by atoms with van der Waals surface area (Å²) in [5, 5.41) is 3.84. The smallest absolute Gasteiger partial charge is 0.411 e. The molecule has 8 nitrogen and oxygen atoms in total. The number of nitrogens with one attached hydrogen (secondary N) is 2. The third-order valence-corrected chi connectivity index (χ3v) is 5.44. The minimum Gasteiger partial charge on any atom is -0.467 e. The Morgan fingerprint density at radius 2 is 1.91 bits per heavy atom. The first kappa shape index (κ1) is 23.6. The maximum absolute atomic E-state index is 13.4. The van der Waals surface area contributed by atoms with E-state index < -0.39 is 35.7 Å². The Hall–Kier alpha value is -3.03. The number of H-pyrrole nitrogens is 1. The molecule has 2 heterocycles. The minimum atomic E-state index is -0.809. The maximum atomic E-state index is 13.4. The van der Waals surface area contributed by atoms with E-state index in [0.717, 1.165) is 22.2 Å². The van der Waals surface area contributed by atoms with Gasteiger partial charge in [-0.15, -0.1) is 0 Å². The molecule has 174 valence electrons. The van der Waals surface area contributed by atoms with Gasteiger partial charge in [0.15, 0.2) is 0 Å². The van der Waals surface area contributed by atoms with Gasteiger partial charge in [-0.05, 0) is 44.7 Å². The second kappa shape index (κ2) is 9.22. The number of carbonyl (C=O) groups excluding carboxylic acids is 3. The van der Waals surface area contributed by atoms with Crippen molar-refractivity contribution in [2.45, 2.75) is 71.7 Å². The third-order valence-electron chi connectivity index (χ3n) is 5.44. The van der Waals surface area contributed by atoms with Crippen LogP contribution in [0.4, 0.5) is 4.79 Å². The fourth-order valence-corrected chi connectivity index (χ4v) is 4.05. The maximum Gasteiger partial charge on any atom is 0.411 e. The summed E-state index contributed by atoms with van der Waals surface area (Å²) in [7, 11) is 1.30. The van der Waals surface area contributed by atoms with Gasteiger partial charge < -0.3 is 19.8 Å². The SMILES string of the molecule is COC(=O)[C@H](CC(C)C)NC(=O)[C@@H]1Cc2c([nH]c3ccccc23)CN1C(=O)OC(C)(C)C. The van der Waals surface area contributed by atoms with Crippen LogP contribution in [0.3, 0.4) is 0 Å². The topological polar surface area (TPSA) is 101 Å². The summed E-state index contributed by atoms with van der Waals surface area (Å²) < 4.78 is 10.5. The van der Waals surface area contributed by atoms with Crippen LogP contribution in [0.1, 0.15) is 52.3 Å². The van der Waals surface area contributed by atoms with E-state index in [2.05, 4.69) is 10.3 Å². The molecule has 0 unspecified atom stereocenters. The van der Waals surface area contributed by atoms with Gasteiger partial charge >= 0.3 is 12.1 Å². The molecule has 0 radical (unpaired) electrons. The highest BCUT2D eigenvalue weighted by Gasteiger charge is 2.39. The first-order chi connectivity index (χ1) is 15.0. The number of nitrogens with zero attached hydrogens (tertiary/aromatic N) is 1. The molecule has 0 bridgehead atoms. The summed E-state index contributed by atoms with van der Waals surface area (Å²) >= 11 is 0. The van der Waals surface area contributed by atoms with E-state index in [1.54, 1.807) is 20.8 Å². The van der Waals surface area contributed by atoms with Crippen LogP contribution >= 0.6 is 0 Å². The van der Waals surface area contributed by atoms with E-state index in [-0.39, 0.29) is 12.5 Å². The molecule has 8 heteroatoms. The predicted molar refractivity (Wildman–Crippen MR) is 121 cm³/mol. The fraction of sp³-hybridized carbons (Fsp3) is 0.542. The standard InChI is InChI=1S/C24H33N3O5/c1-14(2)11-18(22(29)31-6)26-21(28)20-12-16-15-9-7-8-10-17(15)25-19(16)13-27(20)23(30)32-24(3,4)5/h7-10,14,18,20,25H,11-13H2,1-6H3,(H,26,28)/t18-,20-/m0/s1. The summed E-state index contributed by atoms with van der Waals surface area (Å²) in [6.45, 7) is 9.50. The van der Waals surface area contributed by atoms with Crippen LogP contribution in [0.2, 0.25) is 0 Å². The van der Waals surface area contributed by atoms with Gasteiger partial charge in [0.1, 0.15) is 17.7 Å². The molecule has 2 amide bonds. The second-order valence-corrected chi connectivity index (χ2v) is 9.67. The molecule has 2 aromatic rings. The molecule has 0 spiro atoms. The van der Waals surface area contributed by atoms with Crippen molar-refractivity contribution in [1.29, 1.82) is 0 Å². The summed E-state index contributed by atoms with van der Waals surface area (Å²) in [4.78, 5) is 43.5. The number of aromatic nitrogens is 1. The number of benzene rings is 1. The van der Waals surface area contributed by atoms with Crippen molar-refractivity contribution in [2.24, 2.45) is 5.92 Å². The molecule has 1 aliphatic rings. The highest BCUT2D eigenvalue weighted by atomic mass is 16.6. The van der Waals surface area contributed by atoms with Crippen molar-refractivity contribution in [3.8, 4) is 0 Å². The number of fused-ring (bicyclic) bond motifs is 3. The van der Waals surface area contributed by atoms with Crippen molar-refractivity contribution < 1.29 is 23.9 Å². The second-order valence-electron chi connectivity index (χ2n) is 9.67. The Morgan fingerprint density at radius 3 is 2.53 bits per heavy atom. The van der Waals surface area contributed by atoms with Gasteiger partial charge in [-0.2, -0.15) is 0 Å². The molecule has 32 heavy (non-hydrogen) atoms. The van der Waals surface area contributed by atoms with Crippen LogP contribution < -0.4 is 5.32 Å². The average Bonchev–Trinajstić information content (AvgIpc) is 3.07. The van der Waals surface area contributed by atoms with Gasteiger partial charge in [-0.25, -0.2) is 9.59 Å². The van der Waals surface area contributed by atoms with Gasteiger partial charge in [0.2, 0.25) is 5.91 Å². The number of hydrogen-bond donors (Lipinski definition) is 2. The summed E-state index contributed by atoms with van der Waals surface area (Å²) in [5.41, 5.74) is 2.13. The van der Waals surface area contributed by atoms with Crippen LogP contribution in [0.15, 0.2) is 24.3 Å². The predicted octanol–water partition coefficient (Wildman–Crippen LogP) is 3.53. The molecule has 2 N–H and O–H groups in total. The lowest BCUT2D eigenvalue weighted by Gasteiger charge is -2.36. The Balaban J connectivity index is 1.94. The summed E-state index contributed by atoms with van der Waals surface area (Å²) in [5.74, 6) is -0.727. The molecule has 1 aliphatic heterocycles. The van der Waals surface area contributed by atoms with Crippen LogP contribution in [-0.2, 0) is 32.0 Å². The number of esters is 1. The number of methoxy groups -OCH3 is 1. The number of aromatic amines is 1. The van der Waals surface area contributed by atoms with Gasteiger partial charge in [-0.3, -0.25) is 9.69 Å². The van der Waals surface area contributed by atoms with Crippen LogP contribution in [0.25, 0.3) is 10.9 Å². The fourth-order valence-electron chi connectivity index (χ4n) is 4.05. The highest BCUT2D eigenvalue weighted by Crippen LogP contribution is 2.31. The number of hydrogen-bond acceptors (Lipinski definition) is 5. The van der Waals surface area contributed by atoms with Crippen molar-refractivity contribution in [3.63, 3.8) is 0 Å². The zero-order valence-electron chi connectivity index (χ0n) is 19.7. The average molecular weight is 444 g/mol. The summed E-state index contributed by atoms with van der Waals surface area (Å²) in [6.07, 6.45) is 0.191. The van der Waals surface area contributed by atoms with Crippen LogP contribution in [0.5, 0.6) is 0 Å². The zero-order chi connectivity index (χ0) is 23.6. The molecular weight excluding hydrogens is 410 g/mol. The summed E-state index contributed by atoms with van der Waals surface area (Å²) in [6, 6.07) is 6.26. The largest absolute Gasteiger partial charge is 0.467 e. The monoisotopic (exact) mass is 443 g/mol. The van der Waals surface area contributed by atoms with Gasteiger partial charge in [0, 0.05) is 23.0 Å². The lowest BCUT2D eigenvalue weighted by Crippen LogP contribution is -2.56. The van der Waals surface area contributed by atoms with Crippen LogP contribution in [-0.4, -0.2) is 52.6 Å². The molecular formula is C24H33N3O5. The van der Waals surface area contributed by atoms with Crippen molar-refractivity contribution in [3.05, 3.63) is 35.5 Å². The van der Waals surface area contributed by atoms with Crippen molar-refractivity contribution in [1.82, 2.24) is 15.2 Å². The highest BCUT2D eigenvalue weighted by molar-refractivity contribution is 5.92. The Bertz CT molecular complexity index is 1000. The lowest BCUT2D eigenvalue weighted by atomic mass is 9.95.